The van der Waals surface area contributed by atoms with E-state index in [1.54, 1.807) is 23.4 Å². The number of thioether (sulfide) groups is 1. The van der Waals surface area contributed by atoms with E-state index < -0.39 is 0 Å². The van der Waals surface area contributed by atoms with Crippen LogP contribution in [-0.4, -0.2) is 28.5 Å². The molecule has 1 aromatic heterocycles. The topological polar surface area (TPSA) is 44.1 Å². The van der Waals surface area contributed by atoms with E-state index >= 15 is 0 Å². The third-order valence-electron chi connectivity index (χ3n) is 2.90. The molecular weight excluding hydrogens is 272 g/mol. The van der Waals surface area contributed by atoms with Crippen molar-refractivity contribution in [1.82, 2.24) is 9.55 Å². The predicted octanol–water partition coefficient (Wildman–Crippen LogP) is 2.93. The summed E-state index contributed by atoms with van der Waals surface area (Å²) in [5, 5.41) is 1.86. The summed E-state index contributed by atoms with van der Waals surface area (Å²) in [6.07, 6.45) is 0.808. The maximum Gasteiger partial charge on any atom is 0.262 e. The Bertz CT molecular complexity index is 637. The highest BCUT2D eigenvalue weighted by molar-refractivity contribution is 7.99. The van der Waals surface area contributed by atoms with Crippen LogP contribution in [0, 0.1) is 0 Å². The number of hydrogen-bond donors (Lipinski definition) is 0. The van der Waals surface area contributed by atoms with Crippen molar-refractivity contribution in [3.05, 3.63) is 34.6 Å². The summed E-state index contributed by atoms with van der Waals surface area (Å²) in [5.41, 5.74) is 0.804. The third kappa shape index (κ3) is 3.41. The fraction of sp³-hybridized carbons (Fsp3) is 0.467. The summed E-state index contributed by atoms with van der Waals surface area (Å²) >= 11 is 1.62. The van der Waals surface area contributed by atoms with Crippen molar-refractivity contribution < 1.29 is 4.74 Å². The van der Waals surface area contributed by atoms with Gasteiger partial charge in [0.15, 0.2) is 5.16 Å². The number of hydrogen-bond acceptors (Lipinski definition) is 4. The Morgan fingerprint density at radius 3 is 2.80 bits per heavy atom. The predicted molar refractivity (Wildman–Crippen MR) is 83.5 cm³/mol. The van der Waals surface area contributed by atoms with Crippen molar-refractivity contribution >= 4 is 22.7 Å². The van der Waals surface area contributed by atoms with E-state index in [0.29, 0.717) is 23.8 Å². The monoisotopic (exact) mass is 292 g/mol. The van der Waals surface area contributed by atoms with Gasteiger partial charge in [0.05, 0.1) is 10.9 Å². The Hall–Kier alpha value is -1.33. The number of nitrogens with zero attached hydrogens (tertiary/aromatic N) is 2. The summed E-state index contributed by atoms with van der Waals surface area (Å²) in [5.74, 6) is 0. The van der Waals surface area contributed by atoms with Crippen LogP contribution >= 0.6 is 11.8 Å². The van der Waals surface area contributed by atoms with Gasteiger partial charge in [-0.15, -0.1) is 0 Å². The highest BCUT2D eigenvalue weighted by Gasteiger charge is 2.12. The van der Waals surface area contributed by atoms with Crippen LogP contribution in [0.25, 0.3) is 10.9 Å². The lowest BCUT2D eigenvalue weighted by Crippen LogP contribution is -2.24. The number of rotatable bonds is 6. The molecule has 0 fully saturated rings. The summed E-state index contributed by atoms with van der Waals surface area (Å²) < 4.78 is 6.84. The fourth-order valence-electron chi connectivity index (χ4n) is 2.01. The van der Waals surface area contributed by atoms with Crippen LogP contribution in [0.1, 0.15) is 20.3 Å². The lowest BCUT2D eigenvalue weighted by molar-refractivity contribution is 0.189. The SMILES string of the molecule is COCCCn1c(SC(C)C)nc2ccccc2c1=O. The molecule has 0 bridgehead atoms. The summed E-state index contributed by atoms with van der Waals surface area (Å²) in [7, 11) is 1.67. The van der Waals surface area contributed by atoms with E-state index in [4.69, 9.17) is 4.74 Å². The maximum atomic E-state index is 12.6. The Balaban J connectivity index is 2.48. The minimum atomic E-state index is 0.0369. The molecule has 1 aromatic carbocycles. The van der Waals surface area contributed by atoms with E-state index in [0.717, 1.165) is 17.1 Å². The summed E-state index contributed by atoms with van der Waals surface area (Å²) in [4.78, 5) is 17.2. The lowest BCUT2D eigenvalue weighted by atomic mass is 10.2. The Labute approximate surface area is 123 Å². The van der Waals surface area contributed by atoms with Gasteiger partial charge < -0.3 is 4.74 Å². The molecule has 0 aliphatic rings. The van der Waals surface area contributed by atoms with Gasteiger partial charge in [-0.3, -0.25) is 9.36 Å². The molecule has 20 heavy (non-hydrogen) atoms. The van der Waals surface area contributed by atoms with Crippen molar-refractivity contribution in [3.8, 4) is 0 Å². The Kier molecular flexibility index (Phi) is 5.20. The molecule has 1 heterocycles. The average Bonchev–Trinajstić information content (AvgIpc) is 2.42. The second kappa shape index (κ2) is 6.90. The van der Waals surface area contributed by atoms with Crippen LogP contribution in [0.15, 0.2) is 34.2 Å². The maximum absolute atomic E-state index is 12.6. The second-order valence-electron chi connectivity index (χ2n) is 4.88. The molecule has 5 heteroatoms. The molecule has 0 radical (unpaired) electrons. The molecule has 2 aromatic rings. The Morgan fingerprint density at radius 2 is 2.10 bits per heavy atom. The molecule has 0 spiro atoms. The smallest absolute Gasteiger partial charge is 0.262 e. The van der Waals surface area contributed by atoms with Gasteiger partial charge in [-0.2, -0.15) is 0 Å². The van der Waals surface area contributed by atoms with Crippen molar-refractivity contribution in [3.63, 3.8) is 0 Å². The van der Waals surface area contributed by atoms with Gasteiger partial charge in [0, 0.05) is 25.5 Å². The minimum Gasteiger partial charge on any atom is -0.385 e. The van der Waals surface area contributed by atoms with Gasteiger partial charge in [-0.1, -0.05) is 37.7 Å². The van der Waals surface area contributed by atoms with E-state index in [1.165, 1.54) is 0 Å². The van der Waals surface area contributed by atoms with Crippen molar-refractivity contribution in [1.29, 1.82) is 0 Å². The van der Waals surface area contributed by atoms with Gasteiger partial charge >= 0.3 is 0 Å². The van der Waals surface area contributed by atoms with E-state index in [9.17, 15) is 4.79 Å². The van der Waals surface area contributed by atoms with Crippen LogP contribution in [0.3, 0.4) is 0 Å². The molecule has 0 unspecified atom stereocenters. The normalized spacial score (nSPS) is 11.4. The molecule has 0 amide bonds. The van der Waals surface area contributed by atoms with Gasteiger partial charge in [0.2, 0.25) is 0 Å². The zero-order chi connectivity index (χ0) is 14.5. The van der Waals surface area contributed by atoms with Crippen LogP contribution in [-0.2, 0) is 11.3 Å². The lowest BCUT2D eigenvalue weighted by Gasteiger charge is -2.14. The average molecular weight is 292 g/mol. The number of methoxy groups -OCH3 is 1. The first-order valence-corrected chi connectivity index (χ1v) is 7.66. The van der Waals surface area contributed by atoms with Crippen molar-refractivity contribution in [2.24, 2.45) is 0 Å². The van der Waals surface area contributed by atoms with Crippen LogP contribution in [0.5, 0.6) is 0 Å². The number of para-hydroxylation sites is 1. The van der Waals surface area contributed by atoms with Crippen molar-refractivity contribution in [2.45, 2.75) is 37.2 Å². The number of aromatic nitrogens is 2. The highest BCUT2D eigenvalue weighted by atomic mass is 32.2. The van der Waals surface area contributed by atoms with Crippen molar-refractivity contribution in [2.75, 3.05) is 13.7 Å². The largest absolute Gasteiger partial charge is 0.385 e. The summed E-state index contributed by atoms with van der Waals surface area (Å²) in [6, 6.07) is 7.51. The third-order valence-corrected chi connectivity index (χ3v) is 3.89. The van der Waals surface area contributed by atoms with Gasteiger partial charge in [0.1, 0.15) is 0 Å². The van der Waals surface area contributed by atoms with Crippen LogP contribution in [0.4, 0.5) is 0 Å². The molecule has 0 atom stereocenters. The molecule has 2 rings (SSSR count). The molecular formula is C15H20N2O2S. The first kappa shape index (κ1) is 15.1. The number of benzene rings is 1. The standard InChI is InChI=1S/C15H20N2O2S/c1-11(2)20-15-16-13-8-5-4-7-12(13)14(18)17(15)9-6-10-19-3/h4-5,7-8,11H,6,9-10H2,1-3H3. The van der Waals surface area contributed by atoms with E-state index in [2.05, 4.69) is 18.8 Å². The molecule has 0 aliphatic heterocycles. The van der Waals surface area contributed by atoms with Gasteiger partial charge in [-0.05, 0) is 18.6 Å². The molecule has 0 aliphatic carbocycles. The van der Waals surface area contributed by atoms with E-state index in [1.807, 2.05) is 24.3 Å². The van der Waals surface area contributed by atoms with Crippen LogP contribution in [0.2, 0.25) is 0 Å². The molecule has 4 nitrogen and oxygen atoms in total. The zero-order valence-electron chi connectivity index (χ0n) is 12.1. The second-order valence-corrected chi connectivity index (χ2v) is 6.42. The zero-order valence-corrected chi connectivity index (χ0v) is 12.9. The molecule has 108 valence electrons. The molecule has 0 saturated heterocycles. The molecule has 0 N–H and O–H groups in total. The van der Waals surface area contributed by atoms with Gasteiger partial charge in [0.25, 0.3) is 5.56 Å². The van der Waals surface area contributed by atoms with Crippen LogP contribution < -0.4 is 5.56 Å². The summed E-state index contributed by atoms with van der Waals surface area (Å²) in [6.45, 7) is 5.49. The van der Waals surface area contributed by atoms with E-state index in [-0.39, 0.29) is 5.56 Å². The molecule has 0 saturated carbocycles. The first-order valence-electron chi connectivity index (χ1n) is 6.78. The Morgan fingerprint density at radius 1 is 1.35 bits per heavy atom. The quantitative estimate of drug-likeness (QED) is 0.466. The first-order chi connectivity index (χ1) is 9.63. The fourth-order valence-corrected chi connectivity index (χ4v) is 2.89. The highest BCUT2D eigenvalue weighted by Crippen LogP contribution is 2.22. The number of fused-ring (bicyclic) bond motifs is 1. The van der Waals surface area contributed by atoms with Gasteiger partial charge in [-0.25, -0.2) is 4.98 Å². The number of ether oxygens (including phenoxy) is 1. The minimum absolute atomic E-state index is 0.0369.